The minimum Gasteiger partial charge on any atom is -0.317 e. The molecule has 4 fully saturated rings. The van der Waals surface area contributed by atoms with Gasteiger partial charge in [-0.15, -0.1) is 0 Å². The van der Waals surface area contributed by atoms with E-state index < -0.39 is 0 Å². The first kappa shape index (κ1) is 13.5. The molecule has 2 aliphatic heterocycles. The van der Waals surface area contributed by atoms with Crippen molar-refractivity contribution in [3.63, 3.8) is 0 Å². The van der Waals surface area contributed by atoms with Crippen molar-refractivity contribution in [1.29, 1.82) is 0 Å². The maximum absolute atomic E-state index is 9.31. The highest BCUT2D eigenvalue weighted by molar-refractivity contribution is 4.99. The van der Waals surface area contributed by atoms with Crippen LogP contribution in [-0.2, 0) is 0 Å². The number of hydrogen-bond donors (Lipinski definition) is 2. The zero-order chi connectivity index (χ0) is 13.5. The van der Waals surface area contributed by atoms with E-state index in [1.165, 1.54) is 70.6 Å². The van der Waals surface area contributed by atoms with Crippen LogP contribution in [0.4, 0.5) is 0 Å². The molecule has 3 heteroatoms. The molecule has 2 saturated carbocycles. The second-order valence-electron chi connectivity index (χ2n) is 8.01. The van der Waals surface area contributed by atoms with Gasteiger partial charge in [0.05, 0.1) is 0 Å². The summed E-state index contributed by atoms with van der Waals surface area (Å²) in [6.45, 7) is 0. The maximum atomic E-state index is 9.31. The molecule has 4 unspecified atom stereocenters. The second kappa shape index (κ2) is 5.58. The third kappa shape index (κ3) is 2.42. The Morgan fingerprint density at radius 1 is 0.700 bits per heavy atom. The van der Waals surface area contributed by atoms with Crippen LogP contribution in [0.15, 0.2) is 0 Å². The van der Waals surface area contributed by atoms with Crippen molar-refractivity contribution in [2.75, 3.05) is 0 Å². The SMILES string of the molecule is ONC1CC2CCCC(C1)N2C1CC2CCCC(C2)C1. The van der Waals surface area contributed by atoms with E-state index in [1.807, 2.05) is 0 Å². The van der Waals surface area contributed by atoms with Gasteiger partial charge >= 0.3 is 0 Å². The standard InChI is InChI=1S/C17H30N2O/c20-18-14-10-15-5-2-6-16(11-14)19(15)17-8-12-3-1-4-13(7-12)9-17/h12-18,20H,1-11H2. The summed E-state index contributed by atoms with van der Waals surface area (Å²) < 4.78 is 0. The van der Waals surface area contributed by atoms with E-state index in [4.69, 9.17) is 0 Å². The first-order chi connectivity index (χ1) is 9.83. The molecule has 4 atom stereocenters. The molecule has 0 aromatic rings. The van der Waals surface area contributed by atoms with Crippen LogP contribution in [-0.4, -0.2) is 34.3 Å². The van der Waals surface area contributed by atoms with Gasteiger partial charge in [0.25, 0.3) is 0 Å². The molecule has 2 aliphatic carbocycles. The summed E-state index contributed by atoms with van der Waals surface area (Å²) in [4.78, 5) is 2.93. The molecule has 2 heterocycles. The number of hydroxylamine groups is 1. The van der Waals surface area contributed by atoms with Gasteiger partial charge in [-0.3, -0.25) is 4.90 Å². The van der Waals surface area contributed by atoms with Crippen molar-refractivity contribution in [3.8, 4) is 0 Å². The molecule has 2 N–H and O–H groups in total. The Kier molecular flexibility index (Phi) is 3.78. The largest absolute Gasteiger partial charge is 0.317 e. The minimum atomic E-state index is 0.352. The quantitative estimate of drug-likeness (QED) is 0.761. The fourth-order valence-electron chi connectivity index (χ4n) is 6.06. The zero-order valence-electron chi connectivity index (χ0n) is 12.6. The second-order valence-corrected chi connectivity index (χ2v) is 8.01. The Bertz CT molecular complexity index is 322. The fourth-order valence-corrected chi connectivity index (χ4v) is 6.06. The number of piperidine rings is 2. The normalized spacial score (nSPS) is 49.0. The topological polar surface area (TPSA) is 35.5 Å². The van der Waals surface area contributed by atoms with Gasteiger partial charge < -0.3 is 5.21 Å². The van der Waals surface area contributed by atoms with Crippen LogP contribution in [0.25, 0.3) is 0 Å². The molecule has 3 nitrogen and oxygen atoms in total. The number of hydrogen-bond acceptors (Lipinski definition) is 3. The Balaban J connectivity index is 1.50. The minimum absolute atomic E-state index is 0.352. The number of fused-ring (bicyclic) bond motifs is 4. The summed E-state index contributed by atoms with van der Waals surface area (Å²) in [5.74, 6) is 2.06. The molecule has 20 heavy (non-hydrogen) atoms. The first-order valence-electron chi connectivity index (χ1n) is 9.00. The van der Waals surface area contributed by atoms with Crippen LogP contribution in [0.5, 0.6) is 0 Å². The number of rotatable bonds is 2. The van der Waals surface area contributed by atoms with Crippen LogP contribution in [0.3, 0.4) is 0 Å². The molecule has 4 aliphatic rings. The van der Waals surface area contributed by atoms with Gasteiger partial charge in [-0.25, -0.2) is 5.48 Å². The molecule has 114 valence electrons. The third-order valence-corrected chi connectivity index (χ3v) is 6.74. The predicted molar refractivity (Wildman–Crippen MR) is 79.7 cm³/mol. The average Bonchev–Trinajstić information content (AvgIpc) is 2.45. The predicted octanol–water partition coefficient (Wildman–Crippen LogP) is 3.32. The summed E-state index contributed by atoms with van der Waals surface area (Å²) in [6, 6.07) is 2.71. The molecule has 0 spiro atoms. The molecule has 0 aromatic heterocycles. The van der Waals surface area contributed by atoms with Crippen molar-refractivity contribution in [3.05, 3.63) is 0 Å². The van der Waals surface area contributed by atoms with Crippen molar-refractivity contribution >= 4 is 0 Å². The van der Waals surface area contributed by atoms with E-state index in [1.54, 1.807) is 0 Å². The van der Waals surface area contributed by atoms with E-state index in [0.717, 1.165) is 30.0 Å². The molecule has 4 bridgehead atoms. The first-order valence-corrected chi connectivity index (χ1v) is 9.00. The van der Waals surface area contributed by atoms with Crippen LogP contribution >= 0.6 is 0 Å². The van der Waals surface area contributed by atoms with Crippen molar-refractivity contribution in [2.45, 2.75) is 94.8 Å². The van der Waals surface area contributed by atoms with Crippen LogP contribution < -0.4 is 5.48 Å². The Morgan fingerprint density at radius 3 is 1.90 bits per heavy atom. The van der Waals surface area contributed by atoms with Gasteiger partial charge in [-0.05, 0) is 56.8 Å². The summed E-state index contributed by atoms with van der Waals surface area (Å²) in [6.07, 6.45) is 15.4. The van der Waals surface area contributed by atoms with Crippen molar-refractivity contribution < 1.29 is 5.21 Å². The van der Waals surface area contributed by atoms with E-state index in [2.05, 4.69) is 10.4 Å². The highest BCUT2D eigenvalue weighted by Crippen LogP contribution is 2.45. The summed E-state index contributed by atoms with van der Waals surface area (Å²) in [5, 5.41) is 9.31. The highest BCUT2D eigenvalue weighted by Gasteiger charge is 2.44. The van der Waals surface area contributed by atoms with Gasteiger partial charge in [0.2, 0.25) is 0 Å². The van der Waals surface area contributed by atoms with Crippen LogP contribution in [0, 0.1) is 11.8 Å². The lowest BCUT2D eigenvalue weighted by Crippen LogP contribution is -2.60. The molecule has 0 aromatic carbocycles. The smallest absolute Gasteiger partial charge is 0.0349 e. The monoisotopic (exact) mass is 278 g/mol. The Morgan fingerprint density at radius 2 is 1.30 bits per heavy atom. The lowest BCUT2D eigenvalue weighted by molar-refractivity contribution is -0.0588. The zero-order valence-corrected chi connectivity index (χ0v) is 12.6. The lowest BCUT2D eigenvalue weighted by atomic mass is 9.68. The molecule has 0 amide bonds. The van der Waals surface area contributed by atoms with Gasteiger partial charge in [0, 0.05) is 24.2 Å². The van der Waals surface area contributed by atoms with E-state index >= 15 is 0 Å². The van der Waals surface area contributed by atoms with E-state index in [-0.39, 0.29) is 0 Å². The van der Waals surface area contributed by atoms with E-state index in [0.29, 0.717) is 6.04 Å². The van der Waals surface area contributed by atoms with Gasteiger partial charge in [-0.1, -0.05) is 25.7 Å². The van der Waals surface area contributed by atoms with E-state index in [9.17, 15) is 5.21 Å². The molecule has 2 saturated heterocycles. The van der Waals surface area contributed by atoms with Crippen LogP contribution in [0.1, 0.15) is 70.6 Å². The maximum Gasteiger partial charge on any atom is 0.0349 e. The number of nitrogens with zero attached hydrogens (tertiary/aromatic N) is 1. The Labute approximate surface area is 123 Å². The molecular weight excluding hydrogens is 248 g/mol. The summed E-state index contributed by atoms with van der Waals surface area (Å²) >= 11 is 0. The van der Waals surface area contributed by atoms with Gasteiger partial charge in [0.15, 0.2) is 0 Å². The van der Waals surface area contributed by atoms with Crippen LogP contribution in [0.2, 0.25) is 0 Å². The average molecular weight is 278 g/mol. The molecule has 0 radical (unpaired) electrons. The summed E-state index contributed by atoms with van der Waals surface area (Å²) in [5.41, 5.74) is 2.57. The highest BCUT2D eigenvalue weighted by atomic mass is 16.5. The molecular formula is C17H30N2O. The van der Waals surface area contributed by atoms with Crippen molar-refractivity contribution in [2.24, 2.45) is 11.8 Å². The Hall–Kier alpha value is -0.120. The van der Waals surface area contributed by atoms with Gasteiger partial charge in [0.1, 0.15) is 0 Å². The molecule has 4 rings (SSSR count). The lowest BCUT2D eigenvalue weighted by Gasteiger charge is -2.55. The number of nitrogens with one attached hydrogen (secondary N) is 1. The third-order valence-electron chi connectivity index (χ3n) is 6.74. The summed E-state index contributed by atoms with van der Waals surface area (Å²) in [7, 11) is 0. The van der Waals surface area contributed by atoms with Gasteiger partial charge in [-0.2, -0.15) is 0 Å². The fraction of sp³-hybridized carbons (Fsp3) is 1.00. The van der Waals surface area contributed by atoms with Crippen molar-refractivity contribution in [1.82, 2.24) is 10.4 Å².